The molecule has 1 amide bonds. The van der Waals surface area contributed by atoms with E-state index in [1.165, 1.54) is 17.8 Å². The van der Waals surface area contributed by atoms with Crippen LogP contribution in [0.4, 0.5) is 0 Å². The standard InChI is InChI=1S/C18H13NO4S2/c20-16-15(25-18(24)19-16)9-11-5-2-4-8-14(11)23-10-12-6-1-3-7-13(12)17(21)22/h1-9H,10H2,(H,21,22)(H,19,20,24). The Morgan fingerprint density at radius 2 is 1.92 bits per heavy atom. The molecule has 5 nitrogen and oxygen atoms in total. The number of nitrogens with one attached hydrogen (secondary N) is 1. The van der Waals surface area contributed by atoms with Crippen molar-refractivity contribution in [2.24, 2.45) is 0 Å². The van der Waals surface area contributed by atoms with Crippen molar-refractivity contribution in [2.75, 3.05) is 0 Å². The molecule has 2 N–H and O–H groups in total. The topological polar surface area (TPSA) is 75.6 Å². The molecular formula is C18H13NO4S2. The molecule has 7 heteroatoms. The minimum absolute atomic E-state index is 0.112. The summed E-state index contributed by atoms with van der Waals surface area (Å²) in [5, 5.41) is 11.8. The first-order valence-electron chi connectivity index (χ1n) is 7.32. The van der Waals surface area contributed by atoms with Gasteiger partial charge in [0.1, 0.15) is 16.7 Å². The van der Waals surface area contributed by atoms with E-state index in [0.717, 1.165) is 5.56 Å². The van der Waals surface area contributed by atoms with Crippen molar-refractivity contribution in [3.8, 4) is 5.75 Å². The number of rotatable bonds is 5. The highest BCUT2D eigenvalue weighted by atomic mass is 32.2. The number of para-hydroxylation sites is 1. The summed E-state index contributed by atoms with van der Waals surface area (Å²) in [4.78, 5) is 23.6. The molecule has 2 aromatic carbocycles. The van der Waals surface area contributed by atoms with Crippen LogP contribution in [0.5, 0.6) is 5.75 Å². The lowest BCUT2D eigenvalue weighted by atomic mass is 10.1. The van der Waals surface area contributed by atoms with Gasteiger partial charge in [0, 0.05) is 11.1 Å². The van der Waals surface area contributed by atoms with Gasteiger partial charge in [-0.15, -0.1) is 0 Å². The van der Waals surface area contributed by atoms with Gasteiger partial charge < -0.3 is 15.2 Å². The Hall–Kier alpha value is -2.64. The van der Waals surface area contributed by atoms with E-state index in [2.05, 4.69) is 5.32 Å². The van der Waals surface area contributed by atoms with Crippen LogP contribution in [0.25, 0.3) is 6.08 Å². The third-order valence-electron chi connectivity index (χ3n) is 3.48. The molecule has 0 atom stereocenters. The van der Waals surface area contributed by atoms with Crippen molar-refractivity contribution < 1.29 is 19.4 Å². The molecule has 1 aliphatic heterocycles. The van der Waals surface area contributed by atoms with Crippen LogP contribution in [0.1, 0.15) is 21.5 Å². The van der Waals surface area contributed by atoms with Crippen molar-refractivity contribution in [2.45, 2.75) is 6.61 Å². The SMILES string of the molecule is O=C1NC(=S)SC1=Cc1ccccc1OCc1ccccc1C(=O)O. The second kappa shape index (κ2) is 7.50. The number of benzene rings is 2. The molecule has 0 unspecified atom stereocenters. The fourth-order valence-corrected chi connectivity index (χ4v) is 3.34. The Bertz CT molecular complexity index is 892. The zero-order valence-electron chi connectivity index (χ0n) is 12.9. The Balaban J connectivity index is 1.83. The van der Waals surface area contributed by atoms with Gasteiger partial charge in [-0.2, -0.15) is 0 Å². The van der Waals surface area contributed by atoms with Crippen LogP contribution < -0.4 is 10.1 Å². The van der Waals surface area contributed by atoms with Gasteiger partial charge in [0.05, 0.1) is 10.5 Å². The van der Waals surface area contributed by atoms with E-state index in [9.17, 15) is 14.7 Å². The monoisotopic (exact) mass is 371 g/mol. The third kappa shape index (κ3) is 4.07. The molecule has 0 saturated carbocycles. The Morgan fingerprint density at radius 1 is 1.20 bits per heavy atom. The molecule has 0 radical (unpaired) electrons. The maximum Gasteiger partial charge on any atom is 0.336 e. The fraction of sp³-hybridized carbons (Fsp3) is 0.0556. The molecule has 0 aliphatic carbocycles. The average Bonchev–Trinajstić information content (AvgIpc) is 2.91. The number of thiocarbonyl (C=S) groups is 1. The number of amides is 1. The number of ether oxygens (including phenoxy) is 1. The second-order valence-electron chi connectivity index (χ2n) is 5.14. The molecule has 1 aliphatic rings. The van der Waals surface area contributed by atoms with Crippen molar-refractivity contribution in [1.82, 2.24) is 5.32 Å². The van der Waals surface area contributed by atoms with Gasteiger partial charge >= 0.3 is 5.97 Å². The number of aromatic carboxylic acids is 1. The Labute approximate surface area is 153 Å². The van der Waals surface area contributed by atoms with E-state index in [-0.39, 0.29) is 18.1 Å². The van der Waals surface area contributed by atoms with Crippen LogP contribution in [-0.4, -0.2) is 21.3 Å². The van der Waals surface area contributed by atoms with Gasteiger partial charge in [-0.05, 0) is 18.2 Å². The quantitative estimate of drug-likeness (QED) is 0.619. The molecule has 1 heterocycles. The highest BCUT2D eigenvalue weighted by molar-refractivity contribution is 8.26. The maximum atomic E-state index is 11.8. The van der Waals surface area contributed by atoms with Crippen molar-refractivity contribution in [3.05, 3.63) is 70.1 Å². The number of hydrogen-bond donors (Lipinski definition) is 2. The molecule has 3 rings (SSSR count). The zero-order chi connectivity index (χ0) is 17.8. The highest BCUT2D eigenvalue weighted by Gasteiger charge is 2.22. The molecule has 0 spiro atoms. The third-order valence-corrected chi connectivity index (χ3v) is 4.64. The number of thioether (sulfide) groups is 1. The van der Waals surface area contributed by atoms with Gasteiger partial charge in [-0.1, -0.05) is 60.4 Å². The molecule has 0 bridgehead atoms. The predicted octanol–water partition coefficient (Wildman–Crippen LogP) is 3.45. The Morgan fingerprint density at radius 3 is 2.64 bits per heavy atom. The lowest BCUT2D eigenvalue weighted by Crippen LogP contribution is -2.17. The number of carboxylic acid groups (broad SMARTS) is 1. The van der Waals surface area contributed by atoms with E-state index in [1.807, 2.05) is 18.2 Å². The summed E-state index contributed by atoms with van der Waals surface area (Å²) in [6, 6.07) is 13.9. The van der Waals surface area contributed by atoms with E-state index < -0.39 is 5.97 Å². The van der Waals surface area contributed by atoms with Crippen molar-refractivity contribution in [1.29, 1.82) is 0 Å². The number of carboxylic acids is 1. The second-order valence-corrected chi connectivity index (χ2v) is 6.86. The van der Waals surface area contributed by atoms with Gasteiger partial charge in [0.25, 0.3) is 5.91 Å². The first-order valence-corrected chi connectivity index (χ1v) is 8.55. The number of hydrogen-bond acceptors (Lipinski definition) is 5. The molecule has 0 aromatic heterocycles. The van der Waals surface area contributed by atoms with E-state index in [1.54, 1.807) is 30.3 Å². The normalized spacial score (nSPS) is 15.3. The van der Waals surface area contributed by atoms with E-state index in [0.29, 0.717) is 20.5 Å². The van der Waals surface area contributed by atoms with E-state index in [4.69, 9.17) is 17.0 Å². The fourth-order valence-electron chi connectivity index (χ4n) is 2.30. The average molecular weight is 371 g/mol. The van der Waals surface area contributed by atoms with Crippen LogP contribution in [0, 0.1) is 0 Å². The smallest absolute Gasteiger partial charge is 0.336 e. The van der Waals surface area contributed by atoms with Crippen LogP contribution in [0.3, 0.4) is 0 Å². The lowest BCUT2D eigenvalue weighted by molar-refractivity contribution is -0.115. The van der Waals surface area contributed by atoms with E-state index >= 15 is 0 Å². The summed E-state index contributed by atoms with van der Waals surface area (Å²) in [7, 11) is 0. The molecule has 126 valence electrons. The first-order chi connectivity index (χ1) is 12.0. The zero-order valence-corrected chi connectivity index (χ0v) is 14.5. The minimum Gasteiger partial charge on any atom is -0.488 e. The molecule has 1 fully saturated rings. The molecular weight excluding hydrogens is 358 g/mol. The van der Waals surface area contributed by atoms with Gasteiger partial charge in [-0.25, -0.2) is 4.79 Å². The van der Waals surface area contributed by atoms with Crippen LogP contribution in [-0.2, 0) is 11.4 Å². The number of carbonyl (C=O) groups is 2. The number of carbonyl (C=O) groups excluding carboxylic acids is 1. The minimum atomic E-state index is -0.998. The van der Waals surface area contributed by atoms with Crippen LogP contribution in [0.2, 0.25) is 0 Å². The van der Waals surface area contributed by atoms with Gasteiger partial charge in [0.2, 0.25) is 0 Å². The van der Waals surface area contributed by atoms with Crippen molar-refractivity contribution >= 4 is 46.3 Å². The predicted molar refractivity (Wildman–Crippen MR) is 100 cm³/mol. The Kier molecular flexibility index (Phi) is 5.16. The highest BCUT2D eigenvalue weighted by Crippen LogP contribution is 2.29. The van der Waals surface area contributed by atoms with Crippen LogP contribution >= 0.6 is 24.0 Å². The van der Waals surface area contributed by atoms with Crippen LogP contribution in [0.15, 0.2) is 53.4 Å². The summed E-state index contributed by atoms with van der Waals surface area (Å²) >= 11 is 6.18. The molecule has 1 saturated heterocycles. The summed E-state index contributed by atoms with van der Waals surface area (Å²) < 4.78 is 6.23. The van der Waals surface area contributed by atoms with Gasteiger partial charge in [-0.3, -0.25) is 4.79 Å². The maximum absolute atomic E-state index is 11.8. The summed E-state index contributed by atoms with van der Waals surface area (Å²) in [6.45, 7) is 0.112. The summed E-state index contributed by atoms with van der Waals surface area (Å²) in [6.07, 6.45) is 1.71. The largest absolute Gasteiger partial charge is 0.488 e. The van der Waals surface area contributed by atoms with Crippen molar-refractivity contribution in [3.63, 3.8) is 0 Å². The lowest BCUT2D eigenvalue weighted by Gasteiger charge is -2.11. The first kappa shape index (κ1) is 17.2. The van der Waals surface area contributed by atoms with Gasteiger partial charge in [0.15, 0.2) is 0 Å². The summed E-state index contributed by atoms with van der Waals surface area (Å²) in [5.74, 6) is -0.676. The molecule has 2 aromatic rings. The summed E-state index contributed by atoms with van der Waals surface area (Å²) in [5.41, 5.74) is 1.50. The molecule has 25 heavy (non-hydrogen) atoms.